The first-order valence-electron chi connectivity index (χ1n) is 10.0. The number of nitrogens with zero attached hydrogens (tertiary/aromatic N) is 4. The molecular formula is C20H27N5O4. The van der Waals surface area contributed by atoms with Crippen LogP contribution >= 0.6 is 0 Å². The monoisotopic (exact) mass is 401 g/mol. The SMILES string of the molecule is CCOC(=O)NC1(c2nnnn2-c2cccc(C(=O)OCC)c2)CCC(C)CC1. The fourth-order valence-electron chi connectivity index (χ4n) is 3.66. The Labute approximate surface area is 169 Å². The highest BCUT2D eigenvalue weighted by Gasteiger charge is 2.42. The lowest BCUT2D eigenvalue weighted by Crippen LogP contribution is -2.50. The zero-order valence-corrected chi connectivity index (χ0v) is 17.1. The molecule has 1 aliphatic carbocycles. The van der Waals surface area contributed by atoms with Gasteiger partial charge in [-0.1, -0.05) is 13.0 Å². The highest BCUT2D eigenvalue weighted by molar-refractivity contribution is 5.90. The molecular weight excluding hydrogens is 374 g/mol. The normalized spacial score (nSPS) is 21.4. The number of carbonyl (C=O) groups is 2. The quantitative estimate of drug-likeness (QED) is 0.741. The zero-order chi connectivity index (χ0) is 20.9. The molecule has 0 spiro atoms. The second-order valence-corrected chi connectivity index (χ2v) is 7.30. The fraction of sp³-hybridized carbons (Fsp3) is 0.550. The van der Waals surface area contributed by atoms with Crippen molar-refractivity contribution in [3.8, 4) is 5.69 Å². The van der Waals surface area contributed by atoms with Crippen LogP contribution in [0.3, 0.4) is 0 Å². The number of amides is 1. The van der Waals surface area contributed by atoms with Crippen molar-refractivity contribution in [3.05, 3.63) is 35.7 Å². The molecule has 9 heteroatoms. The van der Waals surface area contributed by atoms with Gasteiger partial charge in [0, 0.05) is 0 Å². The summed E-state index contributed by atoms with van der Waals surface area (Å²) in [4.78, 5) is 24.4. The number of benzene rings is 1. The molecule has 0 saturated heterocycles. The molecule has 1 heterocycles. The van der Waals surface area contributed by atoms with Crippen LogP contribution in [0.15, 0.2) is 24.3 Å². The van der Waals surface area contributed by atoms with E-state index < -0.39 is 17.6 Å². The van der Waals surface area contributed by atoms with E-state index in [-0.39, 0.29) is 6.61 Å². The average molecular weight is 401 g/mol. The van der Waals surface area contributed by atoms with E-state index in [0.717, 1.165) is 12.8 Å². The minimum absolute atomic E-state index is 0.283. The van der Waals surface area contributed by atoms with E-state index in [1.54, 1.807) is 36.7 Å². The lowest BCUT2D eigenvalue weighted by molar-refractivity contribution is 0.0526. The topological polar surface area (TPSA) is 108 Å². The second-order valence-electron chi connectivity index (χ2n) is 7.30. The van der Waals surface area contributed by atoms with Crippen molar-refractivity contribution in [1.82, 2.24) is 25.5 Å². The van der Waals surface area contributed by atoms with E-state index in [9.17, 15) is 9.59 Å². The third kappa shape index (κ3) is 4.55. The minimum Gasteiger partial charge on any atom is -0.462 e. The van der Waals surface area contributed by atoms with Gasteiger partial charge in [0.1, 0.15) is 5.54 Å². The van der Waals surface area contributed by atoms with Gasteiger partial charge in [0.25, 0.3) is 0 Å². The highest BCUT2D eigenvalue weighted by atomic mass is 16.5. The molecule has 1 aromatic carbocycles. The maximum absolute atomic E-state index is 12.3. The molecule has 29 heavy (non-hydrogen) atoms. The summed E-state index contributed by atoms with van der Waals surface area (Å²) in [5.41, 5.74) is 0.303. The molecule has 0 bridgehead atoms. The average Bonchev–Trinajstić information content (AvgIpc) is 3.21. The zero-order valence-electron chi connectivity index (χ0n) is 17.1. The van der Waals surface area contributed by atoms with Gasteiger partial charge in [-0.2, -0.15) is 4.68 Å². The van der Waals surface area contributed by atoms with Crippen molar-refractivity contribution < 1.29 is 19.1 Å². The molecule has 0 aliphatic heterocycles. The fourth-order valence-corrected chi connectivity index (χ4v) is 3.66. The Morgan fingerprint density at radius 1 is 1.21 bits per heavy atom. The lowest BCUT2D eigenvalue weighted by Gasteiger charge is -2.38. The van der Waals surface area contributed by atoms with Crippen LogP contribution in [0.1, 0.15) is 62.6 Å². The standard InChI is InChI=1S/C20H27N5O4/c1-4-28-17(26)15-7-6-8-16(13-15)25-18(22-23-24-25)20(21-19(27)29-5-2)11-9-14(3)10-12-20/h6-8,13-14H,4-5,9-12H2,1-3H3,(H,21,27). The predicted octanol–water partition coefficient (Wildman–Crippen LogP) is 2.99. The summed E-state index contributed by atoms with van der Waals surface area (Å²) >= 11 is 0. The summed E-state index contributed by atoms with van der Waals surface area (Å²) in [7, 11) is 0. The third-order valence-corrected chi connectivity index (χ3v) is 5.24. The molecule has 1 amide bonds. The van der Waals surface area contributed by atoms with Crippen molar-refractivity contribution in [2.45, 2.75) is 52.0 Å². The molecule has 9 nitrogen and oxygen atoms in total. The van der Waals surface area contributed by atoms with Gasteiger partial charge in [-0.15, -0.1) is 5.10 Å². The van der Waals surface area contributed by atoms with Crippen LogP contribution in [0.25, 0.3) is 5.69 Å². The molecule has 1 aliphatic rings. The van der Waals surface area contributed by atoms with Crippen LogP contribution in [0.2, 0.25) is 0 Å². The highest BCUT2D eigenvalue weighted by Crippen LogP contribution is 2.39. The van der Waals surface area contributed by atoms with Gasteiger partial charge in [0.05, 0.1) is 24.5 Å². The first-order chi connectivity index (χ1) is 14.0. The number of rotatable bonds is 6. The summed E-state index contributed by atoms with van der Waals surface area (Å²) < 4.78 is 11.8. The number of alkyl carbamates (subject to hydrolysis) is 1. The van der Waals surface area contributed by atoms with Crippen molar-refractivity contribution in [2.75, 3.05) is 13.2 Å². The summed E-state index contributed by atoms with van der Waals surface area (Å²) in [6, 6.07) is 6.93. The van der Waals surface area contributed by atoms with Crippen molar-refractivity contribution in [1.29, 1.82) is 0 Å². The summed E-state index contributed by atoms with van der Waals surface area (Å²) in [5, 5.41) is 15.3. The van der Waals surface area contributed by atoms with E-state index in [0.29, 0.717) is 42.4 Å². The molecule has 0 unspecified atom stereocenters. The number of carbonyl (C=O) groups excluding carboxylic acids is 2. The Morgan fingerprint density at radius 3 is 2.62 bits per heavy atom. The van der Waals surface area contributed by atoms with Gasteiger partial charge in [0.2, 0.25) is 0 Å². The Morgan fingerprint density at radius 2 is 1.93 bits per heavy atom. The Hall–Kier alpha value is -2.97. The molecule has 1 N–H and O–H groups in total. The van der Waals surface area contributed by atoms with E-state index >= 15 is 0 Å². The maximum Gasteiger partial charge on any atom is 0.407 e. The van der Waals surface area contributed by atoms with E-state index in [1.165, 1.54) is 0 Å². The molecule has 156 valence electrons. The van der Waals surface area contributed by atoms with Gasteiger partial charge in [-0.3, -0.25) is 0 Å². The van der Waals surface area contributed by atoms with E-state index in [4.69, 9.17) is 9.47 Å². The van der Waals surface area contributed by atoms with Crippen LogP contribution < -0.4 is 5.32 Å². The van der Waals surface area contributed by atoms with Gasteiger partial charge in [-0.05, 0) is 74.1 Å². The van der Waals surface area contributed by atoms with Gasteiger partial charge >= 0.3 is 12.1 Å². The third-order valence-electron chi connectivity index (χ3n) is 5.24. The van der Waals surface area contributed by atoms with Gasteiger partial charge in [-0.25, -0.2) is 9.59 Å². The molecule has 2 aromatic rings. The number of hydrogen-bond donors (Lipinski definition) is 1. The van der Waals surface area contributed by atoms with Crippen molar-refractivity contribution >= 4 is 12.1 Å². The molecule has 0 radical (unpaired) electrons. The molecule has 1 saturated carbocycles. The van der Waals surface area contributed by atoms with Gasteiger partial charge < -0.3 is 14.8 Å². The minimum atomic E-state index is -0.734. The molecule has 1 aromatic heterocycles. The summed E-state index contributed by atoms with van der Waals surface area (Å²) in [6.45, 7) is 6.30. The molecule has 1 fully saturated rings. The predicted molar refractivity (Wildman–Crippen MR) is 105 cm³/mol. The Balaban J connectivity index is 1.98. The van der Waals surface area contributed by atoms with Crippen LogP contribution in [-0.2, 0) is 15.0 Å². The number of ether oxygens (including phenoxy) is 2. The number of aromatic nitrogens is 4. The summed E-state index contributed by atoms with van der Waals surface area (Å²) in [6.07, 6.45) is 2.77. The van der Waals surface area contributed by atoms with Crippen LogP contribution in [0, 0.1) is 5.92 Å². The molecule has 0 atom stereocenters. The molecule has 3 rings (SSSR count). The van der Waals surface area contributed by atoms with Crippen molar-refractivity contribution in [3.63, 3.8) is 0 Å². The second kappa shape index (κ2) is 9.02. The largest absolute Gasteiger partial charge is 0.462 e. The Bertz CT molecular complexity index is 858. The number of nitrogens with one attached hydrogen (secondary N) is 1. The Kier molecular flexibility index (Phi) is 6.46. The van der Waals surface area contributed by atoms with Crippen LogP contribution in [0.5, 0.6) is 0 Å². The lowest BCUT2D eigenvalue weighted by atomic mass is 9.76. The first kappa shape index (κ1) is 20.8. The number of esters is 1. The van der Waals surface area contributed by atoms with Crippen molar-refractivity contribution in [2.24, 2.45) is 5.92 Å². The van der Waals surface area contributed by atoms with Gasteiger partial charge in [0.15, 0.2) is 5.82 Å². The number of tetrazole rings is 1. The maximum atomic E-state index is 12.3. The van der Waals surface area contributed by atoms with Crippen LogP contribution in [-0.4, -0.2) is 45.5 Å². The smallest absolute Gasteiger partial charge is 0.407 e. The van der Waals surface area contributed by atoms with Crippen LogP contribution in [0.4, 0.5) is 4.79 Å². The van der Waals surface area contributed by atoms with E-state index in [1.807, 2.05) is 6.07 Å². The number of hydrogen-bond acceptors (Lipinski definition) is 7. The first-order valence-corrected chi connectivity index (χ1v) is 10.0. The van der Waals surface area contributed by atoms with E-state index in [2.05, 4.69) is 27.8 Å². The summed E-state index contributed by atoms with van der Waals surface area (Å²) in [5.74, 6) is 0.678.